The lowest BCUT2D eigenvalue weighted by molar-refractivity contribution is 0.738. The molecule has 2 heterocycles. The molecule has 0 saturated carbocycles. The van der Waals surface area contributed by atoms with Gasteiger partial charge in [-0.3, -0.25) is 4.98 Å². The lowest BCUT2D eigenvalue weighted by Crippen LogP contribution is -2.05. The van der Waals surface area contributed by atoms with Crippen LogP contribution in [0.25, 0.3) is 0 Å². The first-order chi connectivity index (χ1) is 9.81. The quantitative estimate of drug-likeness (QED) is 0.731. The molecule has 0 amide bonds. The lowest BCUT2D eigenvalue weighted by atomic mass is 10.1. The molecule has 0 atom stereocenters. The highest BCUT2D eigenvalue weighted by Crippen LogP contribution is 2.14. The predicted molar refractivity (Wildman–Crippen MR) is 82.5 cm³/mol. The van der Waals surface area contributed by atoms with Gasteiger partial charge in [0.15, 0.2) is 0 Å². The smallest absolute Gasteiger partial charge is 0.113 e. The number of nitrogens with zero attached hydrogens (tertiary/aromatic N) is 3. The number of benzene rings is 1. The molecule has 4 heteroatoms. The molecule has 20 heavy (non-hydrogen) atoms. The van der Waals surface area contributed by atoms with Crippen LogP contribution in [0.5, 0.6) is 0 Å². The van der Waals surface area contributed by atoms with Gasteiger partial charge in [-0.15, -0.1) is 0 Å². The van der Waals surface area contributed by atoms with Crippen LogP contribution < -0.4 is 0 Å². The number of hydrogen-bond acceptors (Lipinski definition) is 2. The van der Waals surface area contributed by atoms with Gasteiger partial charge in [0.1, 0.15) is 5.82 Å². The van der Waals surface area contributed by atoms with Crippen LogP contribution in [0.1, 0.15) is 17.0 Å². The first-order valence-corrected chi connectivity index (χ1v) is 7.24. The van der Waals surface area contributed by atoms with Gasteiger partial charge in [0.25, 0.3) is 0 Å². The van der Waals surface area contributed by atoms with E-state index in [1.165, 1.54) is 11.1 Å². The normalized spacial score (nSPS) is 10.7. The Kier molecular flexibility index (Phi) is 3.92. The third kappa shape index (κ3) is 3.14. The highest BCUT2D eigenvalue weighted by atomic mass is 79.9. The summed E-state index contributed by atoms with van der Waals surface area (Å²) in [6.07, 6.45) is 8.38. The maximum Gasteiger partial charge on any atom is 0.113 e. The van der Waals surface area contributed by atoms with Gasteiger partial charge in [0.05, 0.1) is 6.54 Å². The van der Waals surface area contributed by atoms with E-state index in [2.05, 4.69) is 60.8 Å². The fraction of sp³-hybridized carbons (Fsp3) is 0.125. The second-order valence-corrected chi connectivity index (χ2v) is 5.55. The summed E-state index contributed by atoms with van der Waals surface area (Å²) in [6.45, 7) is 0.805. The molecule has 0 saturated heterocycles. The number of rotatable bonds is 4. The largest absolute Gasteiger partial charge is 0.330 e. The third-order valence-electron chi connectivity index (χ3n) is 3.15. The zero-order valence-corrected chi connectivity index (χ0v) is 12.5. The van der Waals surface area contributed by atoms with E-state index in [0.717, 1.165) is 23.3 Å². The molecule has 1 aromatic carbocycles. The van der Waals surface area contributed by atoms with Crippen LogP contribution >= 0.6 is 15.9 Å². The molecular formula is C16H14BrN3. The molecule has 0 spiro atoms. The van der Waals surface area contributed by atoms with E-state index in [0.29, 0.717) is 0 Å². The van der Waals surface area contributed by atoms with Crippen LogP contribution in [-0.2, 0) is 13.0 Å². The van der Waals surface area contributed by atoms with Crippen molar-refractivity contribution in [2.45, 2.75) is 13.0 Å². The van der Waals surface area contributed by atoms with Gasteiger partial charge in [-0.05, 0) is 29.3 Å². The van der Waals surface area contributed by atoms with Gasteiger partial charge in [0, 0.05) is 35.7 Å². The Morgan fingerprint density at radius 1 is 1.00 bits per heavy atom. The maximum atomic E-state index is 4.46. The molecule has 0 aliphatic rings. The number of halogens is 1. The fourth-order valence-corrected chi connectivity index (χ4v) is 2.39. The van der Waals surface area contributed by atoms with Crippen molar-refractivity contribution in [2.75, 3.05) is 0 Å². The first-order valence-electron chi connectivity index (χ1n) is 6.44. The van der Waals surface area contributed by atoms with E-state index in [9.17, 15) is 0 Å². The standard InChI is InChI=1S/C16H14BrN3/c17-15-5-3-13(4-6-15)10-16-19-8-9-20(16)12-14-2-1-7-18-11-14/h1-9,11H,10,12H2. The molecule has 0 bridgehead atoms. The summed E-state index contributed by atoms with van der Waals surface area (Å²) in [6, 6.07) is 12.4. The molecule has 0 unspecified atom stereocenters. The monoisotopic (exact) mass is 327 g/mol. The topological polar surface area (TPSA) is 30.7 Å². The summed E-state index contributed by atoms with van der Waals surface area (Å²) in [7, 11) is 0. The van der Waals surface area contributed by atoms with Gasteiger partial charge in [-0.1, -0.05) is 34.1 Å². The molecule has 0 radical (unpaired) electrons. The number of imidazole rings is 1. The predicted octanol–water partition coefficient (Wildman–Crippen LogP) is 3.68. The van der Waals surface area contributed by atoms with Crippen LogP contribution in [0.3, 0.4) is 0 Å². The molecule has 0 N–H and O–H groups in total. The maximum absolute atomic E-state index is 4.46. The second-order valence-electron chi connectivity index (χ2n) is 4.64. The van der Waals surface area contributed by atoms with Crippen molar-refractivity contribution < 1.29 is 0 Å². The molecule has 0 fully saturated rings. The van der Waals surface area contributed by atoms with E-state index >= 15 is 0 Å². The van der Waals surface area contributed by atoms with E-state index in [1.807, 2.05) is 24.7 Å². The van der Waals surface area contributed by atoms with Crippen molar-refractivity contribution in [3.05, 3.63) is 82.6 Å². The van der Waals surface area contributed by atoms with Crippen molar-refractivity contribution >= 4 is 15.9 Å². The van der Waals surface area contributed by atoms with Gasteiger partial charge >= 0.3 is 0 Å². The number of pyridine rings is 1. The van der Waals surface area contributed by atoms with Gasteiger partial charge in [-0.2, -0.15) is 0 Å². The second kappa shape index (κ2) is 6.01. The highest BCUT2D eigenvalue weighted by molar-refractivity contribution is 9.10. The molecule has 3 aromatic rings. The van der Waals surface area contributed by atoms with E-state index in [4.69, 9.17) is 0 Å². The minimum Gasteiger partial charge on any atom is -0.330 e. The molecule has 2 aromatic heterocycles. The minimum atomic E-state index is 0.805. The van der Waals surface area contributed by atoms with Crippen molar-refractivity contribution in [1.29, 1.82) is 0 Å². The Morgan fingerprint density at radius 2 is 1.85 bits per heavy atom. The molecule has 3 rings (SSSR count). The minimum absolute atomic E-state index is 0.805. The van der Waals surface area contributed by atoms with Crippen LogP contribution in [0.15, 0.2) is 65.7 Å². The average molecular weight is 328 g/mol. The third-order valence-corrected chi connectivity index (χ3v) is 3.68. The van der Waals surface area contributed by atoms with E-state index < -0.39 is 0 Å². The van der Waals surface area contributed by atoms with Crippen molar-refractivity contribution in [3.63, 3.8) is 0 Å². The van der Waals surface area contributed by atoms with E-state index in [-0.39, 0.29) is 0 Å². The Hall–Kier alpha value is -1.94. The summed E-state index contributed by atoms with van der Waals surface area (Å²) in [4.78, 5) is 8.61. The van der Waals surface area contributed by atoms with Crippen molar-refractivity contribution in [1.82, 2.24) is 14.5 Å². The van der Waals surface area contributed by atoms with Crippen molar-refractivity contribution in [3.8, 4) is 0 Å². The SMILES string of the molecule is Brc1ccc(Cc2nccn2Cc2cccnc2)cc1. The Morgan fingerprint density at radius 3 is 2.60 bits per heavy atom. The summed E-state index contributed by atoms with van der Waals surface area (Å²) in [5, 5.41) is 0. The zero-order chi connectivity index (χ0) is 13.8. The van der Waals surface area contributed by atoms with Gasteiger partial charge < -0.3 is 4.57 Å². The van der Waals surface area contributed by atoms with Gasteiger partial charge in [-0.25, -0.2) is 4.98 Å². The fourth-order valence-electron chi connectivity index (χ4n) is 2.12. The summed E-state index contributed by atoms with van der Waals surface area (Å²) >= 11 is 3.45. The Labute approximate surface area is 126 Å². The van der Waals surface area contributed by atoms with Crippen LogP contribution in [-0.4, -0.2) is 14.5 Å². The summed E-state index contributed by atoms with van der Waals surface area (Å²) < 4.78 is 3.26. The summed E-state index contributed by atoms with van der Waals surface area (Å²) in [5.41, 5.74) is 2.44. The van der Waals surface area contributed by atoms with Crippen molar-refractivity contribution in [2.24, 2.45) is 0 Å². The van der Waals surface area contributed by atoms with Gasteiger partial charge in [0.2, 0.25) is 0 Å². The average Bonchev–Trinajstić information content (AvgIpc) is 2.90. The van der Waals surface area contributed by atoms with Crippen LogP contribution in [0, 0.1) is 0 Å². The summed E-state index contributed by atoms with van der Waals surface area (Å²) in [5.74, 6) is 1.07. The molecule has 100 valence electrons. The number of hydrogen-bond donors (Lipinski definition) is 0. The van der Waals surface area contributed by atoms with E-state index in [1.54, 1.807) is 6.20 Å². The lowest BCUT2D eigenvalue weighted by Gasteiger charge is -2.08. The Balaban J connectivity index is 1.78. The van der Waals surface area contributed by atoms with Crippen LogP contribution in [0.4, 0.5) is 0 Å². The molecule has 0 aliphatic heterocycles. The zero-order valence-electron chi connectivity index (χ0n) is 10.9. The number of aromatic nitrogens is 3. The Bertz CT molecular complexity index is 674. The van der Waals surface area contributed by atoms with Crippen LogP contribution in [0.2, 0.25) is 0 Å². The molecular weight excluding hydrogens is 314 g/mol. The molecule has 3 nitrogen and oxygen atoms in total. The highest BCUT2D eigenvalue weighted by Gasteiger charge is 2.05. The molecule has 0 aliphatic carbocycles. The first kappa shape index (κ1) is 13.1.